The number of amides is 1. The molecule has 0 unspecified atom stereocenters. The maximum atomic E-state index is 13.4. The molecule has 0 radical (unpaired) electrons. The summed E-state index contributed by atoms with van der Waals surface area (Å²) in [5.41, 5.74) is 0. The number of carbonyl (C=O) groups is 1. The van der Waals surface area contributed by atoms with Gasteiger partial charge in [-0.3, -0.25) is 4.79 Å². The van der Waals surface area contributed by atoms with E-state index < -0.39 is 15.8 Å². The van der Waals surface area contributed by atoms with E-state index in [1.54, 1.807) is 0 Å². The second kappa shape index (κ2) is 5.56. The van der Waals surface area contributed by atoms with Gasteiger partial charge in [-0.2, -0.15) is 4.31 Å². The Labute approximate surface area is 119 Å². The zero-order valence-corrected chi connectivity index (χ0v) is 12.3. The van der Waals surface area contributed by atoms with Crippen LogP contribution >= 0.6 is 15.9 Å². The normalized spacial score (nSPS) is 17.9. The van der Waals surface area contributed by atoms with Crippen LogP contribution in [0.5, 0.6) is 0 Å². The van der Waals surface area contributed by atoms with E-state index >= 15 is 0 Å². The molecule has 8 heteroatoms. The van der Waals surface area contributed by atoms with Gasteiger partial charge in [0.2, 0.25) is 15.9 Å². The third kappa shape index (κ3) is 3.13. The van der Waals surface area contributed by atoms with Gasteiger partial charge in [-0.1, -0.05) is 0 Å². The zero-order valence-electron chi connectivity index (χ0n) is 9.90. The first-order chi connectivity index (χ1) is 8.91. The second-order valence-corrected chi connectivity index (χ2v) is 6.91. The van der Waals surface area contributed by atoms with Gasteiger partial charge >= 0.3 is 0 Å². The zero-order chi connectivity index (χ0) is 14.0. The Morgan fingerprint density at radius 2 is 2.11 bits per heavy atom. The Kier molecular flexibility index (Phi) is 4.22. The number of nitrogens with zero attached hydrogens (tertiary/aromatic N) is 1. The lowest BCUT2D eigenvalue weighted by molar-refractivity contribution is -0.120. The predicted octanol–water partition coefficient (Wildman–Crippen LogP) is 1.10. The molecule has 1 aliphatic rings. The molecule has 0 saturated carbocycles. The summed E-state index contributed by atoms with van der Waals surface area (Å²) in [7, 11) is -3.85. The minimum Gasteiger partial charge on any atom is -0.355 e. The van der Waals surface area contributed by atoms with Crippen LogP contribution in [0.4, 0.5) is 4.39 Å². The summed E-state index contributed by atoms with van der Waals surface area (Å²) in [5.74, 6) is -1.00. The molecule has 0 aromatic heterocycles. The standard InChI is InChI=1S/C11H12BrFN2O3S/c12-9-3-2-8(6-10(9)13)19(17,18)15-5-1-4-14-11(16)7-15/h2-3,6H,1,4-5,7H2,(H,14,16). The van der Waals surface area contributed by atoms with Crippen LogP contribution in [-0.4, -0.2) is 38.3 Å². The van der Waals surface area contributed by atoms with E-state index in [9.17, 15) is 17.6 Å². The predicted molar refractivity (Wildman–Crippen MR) is 70.5 cm³/mol. The van der Waals surface area contributed by atoms with Crippen LogP contribution in [0.3, 0.4) is 0 Å². The van der Waals surface area contributed by atoms with Crippen molar-refractivity contribution in [2.45, 2.75) is 11.3 Å². The molecule has 0 atom stereocenters. The number of carbonyl (C=O) groups excluding carboxylic acids is 1. The summed E-state index contributed by atoms with van der Waals surface area (Å²) >= 11 is 2.97. The highest BCUT2D eigenvalue weighted by Crippen LogP contribution is 2.22. The summed E-state index contributed by atoms with van der Waals surface area (Å²) < 4.78 is 39.3. The lowest BCUT2D eigenvalue weighted by Gasteiger charge is -2.18. The van der Waals surface area contributed by atoms with Gasteiger partial charge in [0.1, 0.15) is 5.82 Å². The number of benzene rings is 1. The molecule has 1 aromatic rings. The van der Waals surface area contributed by atoms with Gasteiger partial charge < -0.3 is 5.32 Å². The Morgan fingerprint density at radius 1 is 1.37 bits per heavy atom. The molecule has 104 valence electrons. The van der Waals surface area contributed by atoms with E-state index in [2.05, 4.69) is 21.2 Å². The molecule has 1 heterocycles. The van der Waals surface area contributed by atoms with Crippen LogP contribution < -0.4 is 5.32 Å². The molecule has 0 aliphatic carbocycles. The first-order valence-corrected chi connectivity index (χ1v) is 7.86. The van der Waals surface area contributed by atoms with Crippen molar-refractivity contribution < 1.29 is 17.6 Å². The van der Waals surface area contributed by atoms with Gasteiger partial charge in [-0.25, -0.2) is 12.8 Å². The van der Waals surface area contributed by atoms with E-state index in [0.29, 0.717) is 13.0 Å². The van der Waals surface area contributed by atoms with Crippen LogP contribution in [0.1, 0.15) is 6.42 Å². The van der Waals surface area contributed by atoms with Crippen molar-refractivity contribution in [2.24, 2.45) is 0 Å². The van der Waals surface area contributed by atoms with Gasteiger partial charge in [0, 0.05) is 13.1 Å². The minimum absolute atomic E-state index is 0.150. The fraction of sp³-hybridized carbons (Fsp3) is 0.364. The SMILES string of the molecule is O=C1CN(S(=O)(=O)c2ccc(Br)c(F)c2)CCCN1. The summed E-state index contributed by atoms with van der Waals surface area (Å²) in [6, 6.07) is 3.59. The largest absolute Gasteiger partial charge is 0.355 e. The average molecular weight is 351 g/mol. The maximum Gasteiger partial charge on any atom is 0.243 e. The van der Waals surface area contributed by atoms with Gasteiger partial charge in [0.15, 0.2) is 0 Å². The molecule has 1 aliphatic heterocycles. The number of nitrogens with one attached hydrogen (secondary N) is 1. The highest BCUT2D eigenvalue weighted by atomic mass is 79.9. The number of halogens is 2. The first kappa shape index (κ1) is 14.4. The monoisotopic (exact) mass is 350 g/mol. The van der Waals surface area contributed by atoms with E-state index in [-0.39, 0.29) is 28.4 Å². The maximum absolute atomic E-state index is 13.4. The molecule has 2 rings (SSSR count). The third-order valence-electron chi connectivity index (χ3n) is 2.76. The van der Waals surface area contributed by atoms with Crippen molar-refractivity contribution in [3.63, 3.8) is 0 Å². The molecule has 1 saturated heterocycles. The van der Waals surface area contributed by atoms with Crippen LogP contribution in [-0.2, 0) is 14.8 Å². The Bertz CT molecular complexity index is 606. The summed E-state index contributed by atoms with van der Waals surface area (Å²) in [5, 5.41) is 2.59. The van der Waals surface area contributed by atoms with Crippen molar-refractivity contribution in [3.05, 3.63) is 28.5 Å². The molecule has 1 N–H and O–H groups in total. The fourth-order valence-corrected chi connectivity index (χ4v) is 3.46. The molecule has 1 aromatic carbocycles. The quantitative estimate of drug-likeness (QED) is 0.868. The van der Waals surface area contributed by atoms with Crippen LogP contribution in [0.2, 0.25) is 0 Å². The third-order valence-corrected chi connectivity index (χ3v) is 5.24. The van der Waals surface area contributed by atoms with Crippen molar-refractivity contribution in [2.75, 3.05) is 19.6 Å². The first-order valence-electron chi connectivity index (χ1n) is 5.63. The molecule has 0 bridgehead atoms. The van der Waals surface area contributed by atoms with E-state index in [1.165, 1.54) is 12.1 Å². The van der Waals surface area contributed by atoms with Crippen LogP contribution in [0.15, 0.2) is 27.6 Å². The van der Waals surface area contributed by atoms with Gasteiger partial charge in [0.05, 0.1) is 15.9 Å². The molecule has 1 fully saturated rings. The van der Waals surface area contributed by atoms with E-state index in [0.717, 1.165) is 10.4 Å². The summed E-state index contributed by atoms with van der Waals surface area (Å²) in [6.45, 7) is 0.443. The Balaban J connectivity index is 2.35. The smallest absolute Gasteiger partial charge is 0.243 e. The summed E-state index contributed by atoms with van der Waals surface area (Å²) in [6.07, 6.45) is 0.532. The van der Waals surface area contributed by atoms with Gasteiger partial charge in [0.25, 0.3) is 0 Å². The molecule has 0 spiro atoms. The average Bonchev–Trinajstić information content (AvgIpc) is 2.57. The molecule has 19 heavy (non-hydrogen) atoms. The number of hydrogen-bond acceptors (Lipinski definition) is 3. The highest BCUT2D eigenvalue weighted by molar-refractivity contribution is 9.10. The topological polar surface area (TPSA) is 66.5 Å². The minimum atomic E-state index is -3.85. The number of sulfonamides is 1. The van der Waals surface area contributed by atoms with Crippen molar-refractivity contribution in [1.82, 2.24) is 9.62 Å². The highest BCUT2D eigenvalue weighted by Gasteiger charge is 2.28. The van der Waals surface area contributed by atoms with Gasteiger partial charge in [-0.05, 0) is 40.5 Å². The molecule has 1 amide bonds. The second-order valence-electron chi connectivity index (χ2n) is 4.12. The summed E-state index contributed by atoms with van der Waals surface area (Å²) in [4.78, 5) is 11.2. The van der Waals surface area contributed by atoms with Crippen LogP contribution in [0.25, 0.3) is 0 Å². The molecular weight excluding hydrogens is 339 g/mol. The van der Waals surface area contributed by atoms with Crippen molar-refractivity contribution in [3.8, 4) is 0 Å². The number of rotatable bonds is 2. The fourth-order valence-electron chi connectivity index (χ4n) is 1.77. The van der Waals surface area contributed by atoms with E-state index in [1.807, 2.05) is 0 Å². The van der Waals surface area contributed by atoms with Crippen molar-refractivity contribution in [1.29, 1.82) is 0 Å². The van der Waals surface area contributed by atoms with Crippen LogP contribution in [0, 0.1) is 5.82 Å². The molecule has 5 nitrogen and oxygen atoms in total. The van der Waals surface area contributed by atoms with Crippen molar-refractivity contribution >= 4 is 31.9 Å². The number of hydrogen-bond donors (Lipinski definition) is 1. The van der Waals surface area contributed by atoms with Gasteiger partial charge in [-0.15, -0.1) is 0 Å². The molecular formula is C11H12BrFN2O3S. The lowest BCUT2D eigenvalue weighted by atomic mass is 10.3. The Hall–Kier alpha value is -0.990. The lowest BCUT2D eigenvalue weighted by Crippen LogP contribution is -2.37. The van der Waals surface area contributed by atoms with E-state index in [4.69, 9.17) is 0 Å². The Morgan fingerprint density at radius 3 is 2.79 bits per heavy atom.